The van der Waals surface area contributed by atoms with Crippen molar-refractivity contribution in [3.8, 4) is 0 Å². The molecule has 1 unspecified atom stereocenters. The molecule has 1 fully saturated rings. The molecule has 0 saturated carbocycles. The number of hydrogen-bond donors (Lipinski definition) is 4. The van der Waals surface area contributed by atoms with Crippen molar-refractivity contribution in [2.45, 2.75) is 19.8 Å². The third-order valence-electron chi connectivity index (χ3n) is 4.82. The van der Waals surface area contributed by atoms with Gasteiger partial charge in [-0.1, -0.05) is 6.07 Å². The third kappa shape index (κ3) is 6.18. The molecule has 0 spiro atoms. The maximum absolute atomic E-state index is 13.5. The number of aliphatic imine (C=N–C) groups is 1. The molecular weight excluding hydrogens is 351 g/mol. The summed E-state index contributed by atoms with van der Waals surface area (Å²) in [6.45, 7) is 4.62. The summed E-state index contributed by atoms with van der Waals surface area (Å²) in [6.07, 6.45) is 1.58. The van der Waals surface area contributed by atoms with Gasteiger partial charge in [0.1, 0.15) is 5.82 Å². The van der Waals surface area contributed by atoms with Gasteiger partial charge in [0.2, 0.25) is 0 Å². The van der Waals surface area contributed by atoms with Crippen LogP contribution >= 0.6 is 0 Å². The molecule has 1 atom stereocenters. The van der Waals surface area contributed by atoms with Crippen LogP contribution in [0.2, 0.25) is 0 Å². The first kappa shape index (κ1) is 21.1. The van der Waals surface area contributed by atoms with Gasteiger partial charge in [-0.3, -0.25) is 9.79 Å². The van der Waals surface area contributed by atoms with Gasteiger partial charge in [0.25, 0.3) is 5.91 Å². The van der Waals surface area contributed by atoms with Crippen LogP contribution in [0.3, 0.4) is 0 Å². The zero-order valence-corrected chi connectivity index (χ0v) is 16.0. The molecule has 0 aliphatic carbocycles. The number of carbonyl (C=O) groups is 1. The van der Waals surface area contributed by atoms with E-state index in [-0.39, 0.29) is 17.9 Å². The molecule has 2 rings (SSSR count). The Balaban J connectivity index is 1.73. The lowest BCUT2D eigenvalue weighted by molar-refractivity contribution is 0.0954. The van der Waals surface area contributed by atoms with Crippen LogP contribution in [0.25, 0.3) is 0 Å². The molecule has 1 heterocycles. The summed E-state index contributed by atoms with van der Waals surface area (Å²) in [5.41, 5.74) is 0.735. The van der Waals surface area contributed by atoms with Crippen LogP contribution in [0.1, 0.15) is 28.8 Å². The van der Waals surface area contributed by atoms with Crippen LogP contribution in [0.5, 0.6) is 0 Å². The second kappa shape index (κ2) is 10.2. The van der Waals surface area contributed by atoms with Crippen LogP contribution in [-0.4, -0.2) is 63.5 Å². The Hall–Kier alpha value is -2.19. The van der Waals surface area contributed by atoms with E-state index in [4.69, 9.17) is 4.74 Å². The molecular formula is C19H29FN4O3. The van der Waals surface area contributed by atoms with E-state index in [0.717, 1.165) is 6.42 Å². The summed E-state index contributed by atoms with van der Waals surface area (Å²) in [5.74, 6) is -0.0865. The van der Waals surface area contributed by atoms with Gasteiger partial charge in [-0.25, -0.2) is 4.39 Å². The average molecular weight is 380 g/mol. The smallest absolute Gasteiger partial charge is 0.251 e. The Morgan fingerprint density at radius 2 is 2.11 bits per heavy atom. The van der Waals surface area contributed by atoms with Crippen LogP contribution in [0.15, 0.2) is 23.2 Å². The number of aliphatic hydroxyl groups excluding tert-OH is 1. The minimum Gasteiger partial charge on any atom is -0.396 e. The first-order chi connectivity index (χ1) is 13.0. The largest absolute Gasteiger partial charge is 0.396 e. The Morgan fingerprint density at radius 1 is 1.33 bits per heavy atom. The van der Waals surface area contributed by atoms with Gasteiger partial charge < -0.3 is 25.8 Å². The van der Waals surface area contributed by atoms with Crippen LogP contribution in [0.4, 0.5) is 4.39 Å². The Morgan fingerprint density at radius 3 is 2.74 bits per heavy atom. The van der Waals surface area contributed by atoms with E-state index in [9.17, 15) is 14.3 Å². The topological polar surface area (TPSA) is 95.0 Å². The van der Waals surface area contributed by atoms with E-state index in [1.165, 1.54) is 6.07 Å². The van der Waals surface area contributed by atoms with Gasteiger partial charge in [0.05, 0.1) is 6.61 Å². The summed E-state index contributed by atoms with van der Waals surface area (Å²) in [5, 5.41) is 18.4. The Kier molecular flexibility index (Phi) is 7.99. The van der Waals surface area contributed by atoms with Crippen molar-refractivity contribution in [3.05, 3.63) is 35.1 Å². The molecule has 4 N–H and O–H groups in total. The molecule has 7 nitrogen and oxygen atoms in total. The average Bonchev–Trinajstić information content (AvgIpc) is 3.12. The number of ether oxygens (including phenoxy) is 1. The number of carbonyl (C=O) groups excluding carboxylic acids is 1. The molecule has 1 aliphatic rings. The first-order valence-electron chi connectivity index (χ1n) is 9.17. The lowest BCUT2D eigenvalue weighted by Gasteiger charge is -2.27. The van der Waals surface area contributed by atoms with E-state index < -0.39 is 5.82 Å². The lowest BCUT2D eigenvalue weighted by Crippen LogP contribution is -2.46. The van der Waals surface area contributed by atoms with Gasteiger partial charge in [-0.15, -0.1) is 0 Å². The molecule has 1 amide bonds. The summed E-state index contributed by atoms with van der Waals surface area (Å²) < 4.78 is 19.0. The van der Waals surface area contributed by atoms with Crippen molar-refractivity contribution < 1.29 is 19.0 Å². The number of amides is 1. The molecule has 1 saturated heterocycles. The maximum atomic E-state index is 13.5. The van der Waals surface area contributed by atoms with E-state index in [1.807, 2.05) is 0 Å². The number of nitrogens with one attached hydrogen (secondary N) is 3. The monoisotopic (exact) mass is 380 g/mol. The van der Waals surface area contributed by atoms with Gasteiger partial charge >= 0.3 is 0 Å². The normalized spacial score (nSPS) is 19.8. The fraction of sp³-hybridized carbons (Fsp3) is 0.579. The summed E-state index contributed by atoms with van der Waals surface area (Å²) in [6, 6.07) is 4.43. The molecule has 27 heavy (non-hydrogen) atoms. The number of rotatable bonds is 8. The van der Waals surface area contributed by atoms with Crippen molar-refractivity contribution in [1.29, 1.82) is 0 Å². The highest BCUT2D eigenvalue weighted by molar-refractivity contribution is 5.94. The molecule has 1 aromatic rings. The molecule has 8 heteroatoms. The van der Waals surface area contributed by atoms with Crippen molar-refractivity contribution >= 4 is 11.9 Å². The van der Waals surface area contributed by atoms with Gasteiger partial charge in [0, 0.05) is 50.9 Å². The summed E-state index contributed by atoms with van der Waals surface area (Å²) >= 11 is 0. The molecule has 150 valence electrons. The summed E-state index contributed by atoms with van der Waals surface area (Å²) in [4.78, 5) is 16.2. The minimum absolute atomic E-state index is 0.0733. The third-order valence-corrected chi connectivity index (χ3v) is 4.82. The van der Waals surface area contributed by atoms with Crippen molar-refractivity contribution in [1.82, 2.24) is 16.0 Å². The number of guanidine groups is 1. The predicted molar refractivity (Wildman–Crippen MR) is 102 cm³/mol. The van der Waals surface area contributed by atoms with E-state index in [1.54, 1.807) is 26.1 Å². The molecule has 1 aliphatic heterocycles. The zero-order chi connectivity index (χ0) is 19.7. The molecule has 0 radical (unpaired) electrons. The highest BCUT2D eigenvalue weighted by Gasteiger charge is 2.34. The molecule has 0 aromatic heterocycles. The van der Waals surface area contributed by atoms with Crippen LogP contribution in [-0.2, 0) is 4.74 Å². The fourth-order valence-electron chi connectivity index (χ4n) is 3.00. The second-order valence-electron chi connectivity index (χ2n) is 6.85. The first-order valence-corrected chi connectivity index (χ1v) is 9.17. The predicted octanol–water partition coefficient (Wildman–Crippen LogP) is 0.818. The second-order valence-corrected chi connectivity index (χ2v) is 6.85. The van der Waals surface area contributed by atoms with Crippen molar-refractivity contribution in [2.24, 2.45) is 10.4 Å². The van der Waals surface area contributed by atoms with Crippen molar-refractivity contribution in [2.75, 3.05) is 46.5 Å². The number of halogens is 1. The van der Waals surface area contributed by atoms with Gasteiger partial charge in [-0.2, -0.15) is 0 Å². The number of aliphatic hydroxyl groups is 1. The maximum Gasteiger partial charge on any atom is 0.251 e. The lowest BCUT2D eigenvalue weighted by atomic mass is 9.84. The Bertz CT molecular complexity index is 660. The summed E-state index contributed by atoms with van der Waals surface area (Å²) in [7, 11) is 1.67. The van der Waals surface area contributed by atoms with E-state index >= 15 is 0 Å². The van der Waals surface area contributed by atoms with Crippen molar-refractivity contribution in [3.63, 3.8) is 0 Å². The van der Waals surface area contributed by atoms with Gasteiger partial charge in [0.15, 0.2) is 5.96 Å². The van der Waals surface area contributed by atoms with Crippen LogP contribution < -0.4 is 16.0 Å². The number of nitrogens with zero attached hydrogens (tertiary/aromatic N) is 1. The SMILES string of the molecule is CN=C(NCCNC(=O)c1ccc(C)c(F)c1)NCC1(CCO)CCOC1. The minimum atomic E-state index is -0.391. The van der Waals surface area contributed by atoms with E-state index in [0.29, 0.717) is 56.4 Å². The Labute approximate surface area is 159 Å². The van der Waals surface area contributed by atoms with E-state index in [2.05, 4.69) is 20.9 Å². The molecule has 1 aromatic carbocycles. The standard InChI is InChI=1S/C19H29FN4O3/c1-14-3-4-15(11-16(14)20)17(26)22-7-8-23-18(21-2)24-12-19(5-9-25)6-10-27-13-19/h3-4,11,25H,5-10,12-13H2,1-2H3,(H,22,26)(H2,21,23,24). The number of benzene rings is 1. The highest BCUT2D eigenvalue weighted by atomic mass is 19.1. The van der Waals surface area contributed by atoms with Gasteiger partial charge in [-0.05, 0) is 37.5 Å². The number of hydrogen-bond acceptors (Lipinski definition) is 4. The number of aryl methyl sites for hydroxylation is 1. The highest BCUT2D eigenvalue weighted by Crippen LogP contribution is 2.31. The van der Waals surface area contributed by atoms with Crippen LogP contribution in [0, 0.1) is 18.2 Å². The quantitative estimate of drug-likeness (QED) is 0.304. The fourth-order valence-corrected chi connectivity index (χ4v) is 3.00. The molecule has 0 bridgehead atoms. The zero-order valence-electron chi connectivity index (χ0n) is 16.0.